The maximum absolute atomic E-state index is 10.8. The molecule has 0 spiro atoms. The molecular weight excluding hydrogens is 587 g/mol. The van der Waals surface area contributed by atoms with E-state index in [0.717, 1.165) is 38.9 Å². The van der Waals surface area contributed by atoms with E-state index in [1.165, 1.54) is 45.5 Å². The van der Waals surface area contributed by atoms with Crippen molar-refractivity contribution in [2.75, 3.05) is 0 Å². The van der Waals surface area contributed by atoms with Crippen molar-refractivity contribution in [3.8, 4) is 39.4 Å². The number of fused-ring (bicyclic) bond motifs is 6. The number of hydrogen-bond donors (Lipinski definition) is 0. The minimum absolute atomic E-state index is 0.724. The summed E-state index contributed by atoms with van der Waals surface area (Å²) in [5, 5.41) is 17.2. The minimum Gasteiger partial charge on any atom is -0.192 e. The predicted molar refractivity (Wildman–Crippen MR) is 196 cm³/mol. The van der Waals surface area contributed by atoms with Gasteiger partial charge < -0.3 is 0 Å². The summed E-state index contributed by atoms with van der Waals surface area (Å²) in [5.74, 6) is 0. The number of nitrogens with zero attached hydrogens (tertiary/aromatic N) is 1. The highest BCUT2D eigenvalue weighted by molar-refractivity contribution is 7.26. The lowest BCUT2D eigenvalue weighted by Crippen LogP contribution is -2.37. The van der Waals surface area contributed by atoms with Crippen LogP contribution in [0.25, 0.3) is 73.7 Å². The molecule has 0 saturated heterocycles. The number of rotatable bonds is 4. The van der Waals surface area contributed by atoms with Crippen LogP contribution in [0.2, 0.25) is 19.6 Å². The molecule has 0 atom stereocenters. The van der Waals surface area contributed by atoms with Gasteiger partial charge in [0.05, 0.1) is 13.6 Å². The second kappa shape index (κ2) is 10.3. The van der Waals surface area contributed by atoms with Crippen LogP contribution < -0.4 is 5.19 Å². The van der Waals surface area contributed by atoms with Crippen LogP contribution in [0.1, 0.15) is 5.56 Å². The Hall–Kier alpha value is -4.53. The van der Waals surface area contributed by atoms with Crippen molar-refractivity contribution in [3.05, 3.63) is 127 Å². The van der Waals surface area contributed by atoms with Gasteiger partial charge in [-0.25, -0.2) is 0 Å². The van der Waals surface area contributed by atoms with E-state index in [1.54, 1.807) is 0 Å². The third-order valence-corrected chi connectivity index (χ3v) is 13.0. The normalized spacial score (nSPS) is 12.0. The Kier molecular flexibility index (Phi) is 6.32. The first kappa shape index (κ1) is 27.0. The molecule has 0 aliphatic heterocycles. The molecule has 44 heavy (non-hydrogen) atoms. The van der Waals surface area contributed by atoms with E-state index in [2.05, 4.69) is 147 Å². The Labute approximate surface area is 266 Å². The number of hydrogen-bond acceptors (Lipinski definition) is 3. The van der Waals surface area contributed by atoms with Crippen LogP contribution in [-0.4, -0.2) is 8.07 Å². The van der Waals surface area contributed by atoms with E-state index in [4.69, 9.17) is 0 Å². The van der Waals surface area contributed by atoms with Gasteiger partial charge in [0.25, 0.3) is 0 Å². The molecule has 1 nitrogen and oxygen atoms in total. The Balaban J connectivity index is 1.41. The van der Waals surface area contributed by atoms with Gasteiger partial charge in [-0.2, -0.15) is 5.26 Å². The zero-order chi connectivity index (χ0) is 30.0. The number of thiophene rings is 2. The van der Waals surface area contributed by atoms with Crippen LogP contribution in [0.5, 0.6) is 0 Å². The first-order valence-electron chi connectivity index (χ1n) is 14.9. The van der Waals surface area contributed by atoms with Crippen molar-refractivity contribution in [3.63, 3.8) is 0 Å². The van der Waals surface area contributed by atoms with Crippen molar-refractivity contribution in [1.82, 2.24) is 0 Å². The van der Waals surface area contributed by atoms with Crippen molar-refractivity contribution >= 4 is 76.3 Å². The maximum atomic E-state index is 10.8. The molecule has 0 bridgehead atoms. The Morgan fingerprint density at radius 2 is 1.00 bits per heavy atom. The molecule has 8 aromatic rings. The molecule has 2 aromatic heterocycles. The highest BCUT2D eigenvalue weighted by Gasteiger charge is 2.20. The van der Waals surface area contributed by atoms with Crippen LogP contribution in [0.3, 0.4) is 0 Å². The molecule has 210 valence electrons. The lowest BCUT2D eigenvalue weighted by Gasteiger charge is -2.19. The standard InChI is InChI=1S/C40H29NS2Si/c1-44(2,3)29-10-8-9-26(19-29)32-22-28(25-15-17-39-34(20-25)30-11-4-6-13-37(30)42-39)23-33(36(32)24-41)27-16-18-40-35(21-27)31-12-5-7-14-38(31)43-40/h4-23H,1-3H3. The SMILES string of the molecule is C[Si](C)(C)c1cccc(-c2cc(-c3ccc4sc5ccccc5c4c3)cc(-c3ccc4sc5ccccc5c4c3)c2C#N)c1. The van der Waals surface area contributed by atoms with Crippen molar-refractivity contribution in [2.45, 2.75) is 19.6 Å². The molecule has 0 N–H and O–H groups in total. The largest absolute Gasteiger partial charge is 0.192 e. The summed E-state index contributed by atoms with van der Waals surface area (Å²) in [6.45, 7) is 7.12. The first-order chi connectivity index (χ1) is 21.4. The van der Waals surface area contributed by atoms with Gasteiger partial charge in [-0.1, -0.05) is 97.6 Å². The van der Waals surface area contributed by atoms with E-state index in [1.807, 2.05) is 22.7 Å². The third-order valence-electron chi connectivity index (χ3n) is 8.69. The van der Waals surface area contributed by atoms with E-state index in [9.17, 15) is 5.26 Å². The summed E-state index contributed by atoms with van der Waals surface area (Å²) >= 11 is 3.66. The van der Waals surface area contributed by atoms with Crippen molar-refractivity contribution < 1.29 is 0 Å². The lowest BCUT2D eigenvalue weighted by molar-refractivity contribution is 1.47. The van der Waals surface area contributed by atoms with E-state index >= 15 is 0 Å². The molecule has 0 amide bonds. The van der Waals surface area contributed by atoms with Gasteiger partial charge in [-0.3, -0.25) is 0 Å². The molecule has 0 radical (unpaired) electrons. The highest BCUT2D eigenvalue weighted by atomic mass is 32.1. The monoisotopic (exact) mass is 615 g/mol. The molecular formula is C40H29NS2Si. The number of benzene rings is 6. The van der Waals surface area contributed by atoms with Crippen molar-refractivity contribution in [1.29, 1.82) is 5.26 Å². The third kappa shape index (κ3) is 4.48. The van der Waals surface area contributed by atoms with Gasteiger partial charge in [-0.05, 0) is 70.8 Å². The van der Waals surface area contributed by atoms with Crippen LogP contribution in [0, 0.1) is 11.3 Å². The Morgan fingerprint density at radius 1 is 0.477 bits per heavy atom. The molecule has 0 aliphatic carbocycles. The highest BCUT2D eigenvalue weighted by Crippen LogP contribution is 2.42. The fraction of sp³-hybridized carbons (Fsp3) is 0.0750. The van der Waals surface area contributed by atoms with Crippen LogP contribution >= 0.6 is 22.7 Å². The summed E-state index contributed by atoms with van der Waals surface area (Å²) in [7, 11) is -1.56. The summed E-state index contributed by atoms with van der Waals surface area (Å²) in [6, 6.07) is 46.8. The average Bonchev–Trinajstić information content (AvgIpc) is 3.61. The molecule has 2 heterocycles. The quantitative estimate of drug-likeness (QED) is 0.181. The van der Waals surface area contributed by atoms with Gasteiger partial charge in [0, 0.05) is 51.5 Å². The second-order valence-corrected chi connectivity index (χ2v) is 19.8. The molecule has 0 fully saturated rings. The molecule has 6 aromatic carbocycles. The van der Waals surface area contributed by atoms with Gasteiger partial charge in [0.15, 0.2) is 0 Å². The van der Waals surface area contributed by atoms with E-state index < -0.39 is 8.07 Å². The van der Waals surface area contributed by atoms with Gasteiger partial charge in [0.2, 0.25) is 0 Å². The molecule has 0 unspecified atom stereocenters. The maximum Gasteiger partial charge on any atom is 0.100 e. The number of nitriles is 1. The Morgan fingerprint density at radius 3 is 1.59 bits per heavy atom. The van der Waals surface area contributed by atoms with E-state index in [-0.39, 0.29) is 0 Å². The summed E-state index contributed by atoms with van der Waals surface area (Å²) in [6.07, 6.45) is 0. The average molecular weight is 616 g/mol. The summed E-state index contributed by atoms with van der Waals surface area (Å²) in [5.41, 5.74) is 7.16. The molecule has 4 heteroatoms. The van der Waals surface area contributed by atoms with Gasteiger partial charge >= 0.3 is 0 Å². The van der Waals surface area contributed by atoms with Crippen LogP contribution in [0.15, 0.2) is 121 Å². The molecule has 0 aliphatic rings. The minimum atomic E-state index is -1.56. The van der Waals surface area contributed by atoms with Crippen LogP contribution in [-0.2, 0) is 0 Å². The summed E-state index contributed by atoms with van der Waals surface area (Å²) < 4.78 is 5.15. The van der Waals surface area contributed by atoms with Crippen molar-refractivity contribution in [2.24, 2.45) is 0 Å². The van der Waals surface area contributed by atoms with E-state index in [0.29, 0.717) is 0 Å². The summed E-state index contributed by atoms with van der Waals surface area (Å²) in [4.78, 5) is 0. The topological polar surface area (TPSA) is 23.8 Å². The molecule has 8 rings (SSSR count). The zero-order valence-corrected chi connectivity index (χ0v) is 27.4. The predicted octanol–water partition coefficient (Wildman–Crippen LogP) is 11.8. The second-order valence-electron chi connectivity index (χ2n) is 12.5. The first-order valence-corrected chi connectivity index (χ1v) is 20.0. The zero-order valence-electron chi connectivity index (χ0n) is 24.8. The fourth-order valence-electron chi connectivity index (χ4n) is 6.34. The van der Waals surface area contributed by atoms with Gasteiger partial charge in [0.1, 0.15) is 6.07 Å². The lowest BCUT2D eigenvalue weighted by atomic mass is 9.88. The van der Waals surface area contributed by atoms with Crippen LogP contribution in [0.4, 0.5) is 0 Å². The molecule has 0 saturated carbocycles. The fourth-order valence-corrected chi connectivity index (χ4v) is 9.69. The smallest absolute Gasteiger partial charge is 0.100 e. The Bertz CT molecular complexity index is 2450. The van der Waals surface area contributed by atoms with Gasteiger partial charge in [-0.15, -0.1) is 22.7 Å².